The molecule has 0 aromatic rings. The van der Waals surface area contributed by atoms with E-state index in [9.17, 15) is 4.79 Å². The van der Waals surface area contributed by atoms with E-state index < -0.39 is 0 Å². The molecule has 0 rings (SSSR count). The van der Waals surface area contributed by atoms with E-state index in [0.717, 1.165) is 19.3 Å². The Morgan fingerprint density at radius 3 is 2.67 bits per heavy atom. The first kappa shape index (κ1) is 17.1. The molecule has 92 valence electrons. The molecule has 0 aromatic heterocycles. The van der Waals surface area contributed by atoms with Gasteiger partial charge in [-0.2, -0.15) is 0 Å². The summed E-state index contributed by atoms with van der Waals surface area (Å²) in [4.78, 5) is 11.2. The van der Waals surface area contributed by atoms with Crippen LogP contribution >= 0.6 is 12.4 Å². The van der Waals surface area contributed by atoms with Crippen molar-refractivity contribution in [3.8, 4) is 0 Å². The van der Waals surface area contributed by atoms with Gasteiger partial charge in [0.05, 0.1) is 12.6 Å². The Morgan fingerprint density at radius 1 is 1.53 bits per heavy atom. The fourth-order valence-electron chi connectivity index (χ4n) is 1.28. The number of nitrogens with one attached hydrogen (secondary N) is 1. The summed E-state index contributed by atoms with van der Waals surface area (Å²) in [6.07, 6.45) is 3.61. The normalized spacial score (nSPS) is 11.7. The molecule has 3 N–H and O–H groups in total. The monoisotopic (exact) mass is 238 g/mol. The molecule has 0 radical (unpaired) electrons. The van der Waals surface area contributed by atoms with E-state index in [2.05, 4.69) is 12.2 Å². The maximum Gasteiger partial charge on any atom is 0.221 e. The number of carbonyl (C=O) groups excluding carboxylic acids is 1. The first-order chi connectivity index (χ1) is 6.74. The zero-order valence-corrected chi connectivity index (χ0v) is 10.4. The van der Waals surface area contributed by atoms with Gasteiger partial charge in [0.1, 0.15) is 0 Å². The molecule has 1 unspecified atom stereocenters. The summed E-state index contributed by atoms with van der Waals surface area (Å²) in [5.74, 6) is 0.0191. The van der Waals surface area contributed by atoms with Crippen LogP contribution in [0.1, 0.15) is 32.6 Å². The second-order valence-corrected chi connectivity index (χ2v) is 3.40. The van der Waals surface area contributed by atoms with Crippen LogP contribution in [0.2, 0.25) is 0 Å². The molecule has 0 aliphatic rings. The Labute approximate surface area is 98.3 Å². The topological polar surface area (TPSA) is 64.3 Å². The number of unbranched alkanes of at least 4 members (excludes halogenated alkanes) is 1. The first-order valence-corrected chi connectivity index (χ1v) is 5.23. The highest BCUT2D eigenvalue weighted by molar-refractivity contribution is 5.85. The Balaban J connectivity index is 0. The maximum absolute atomic E-state index is 11.2. The van der Waals surface area contributed by atoms with Crippen molar-refractivity contribution in [3.05, 3.63) is 0 Å². The minimum Gasteiger partial charge on any atom is -0.383 e. The predicted octanol–water partition coefficient (Wildman–Crippen LogP) is 1.08. The fourth-order valence-corrected chi connectivity index (χ4v) is 1.28. The van der Waals surface area contributed by atoms with Crippen molar-refractivity contribution in [2.45, 2.75) is 38.6 Å². The summed E-state index contributed by atoms with van der Waals surface area (Å²) in [6.45, 7) is 3.11. The Morgan fingerprint density at radius 2 is 2.20 bits per heavy atom. The van der Waals surface area contributed by atoms with E-state index in [0.29, 0.717) is 19.6 Å². The van der Waals surface area contributed by atoms with Crippen molar-refractivity contribution in [1.29, 1.82) is 0 Å². The zero-order chi connectivity index (χ0) is 10.8. The molecule has 0 saturated heterocycles. The molecule has 1 atom stereocenters. The average molecular weight is 239 g/mol. The van der Waals surface area contributed by atoms with Gasteiger partial charge in [0.15, 0.2) is 0 Å². The van der Waals surface area contributed by atoms with Crippen LogP contribution in [0.5, 0.6) is 0 Å². The summed E-state index contributed by atoms with van der Waals surface area (Å²) in [7, 11) is 1.65. The second kappa shape index (κ2) is 11.8. The Kier molecular flexibility index (Phi) is 13.4. The summed E-state index contributed by atoms with van der Waals surface area (Å²) < 4.78 is 5.03. The standard InChI is InChI=1S/C10H22N2O2.ClH/c1-3-4-5-9(8-14-2)12-10(13)6-7-11;/h9H,3-8,11H2,1-2H3,(H,12,13);1H. The third-order valence-corrected chi connectivity index (χ3v) is 2.01. The van der Waals surface area contributed by atoms with Crippen molar-refractivity contribution in [3.63, 3.8) is 0 Å². The van der Waals surface area contributed by atoms with E-state index in [-0.39, 0.29) is 24.4 Å². The number of hydrogen-bond acceptors (Lipinski definition) is 3. The highest BCUT2D eigenvalue weighted by atomic mass is 35.5. The fraction of sp³-hybridized carbons (Fsp3) is 0.900. The van der Waals surface area contributed by atoms with Crippen LogP contribution in [0.3, 0.4) is 0 Å². The minimum atomic E-state index is 0. The van der Waals surface area contributed by atoms with Crippen molar-refractivity contribution in [2.75, 3.05) is 20.3 Å². The van der Waals surface area contributed by atoms with Gasteiger partial charge >= 0.3 is 0 Å². The van der Waals surface area contributed by atoms with Crippen molar-refractivity contribution in [1.82, 2.24) is 5.32 Å². The quantitative estimate of drug-likeness (QED) is 0.665. The third-order valence-electron chi connectivity index (χ3n) is 2.01. The number of carbonyl (C=O) groups is 1. The Bertz CT molecular complexity index is 156. The van der Waals surface area contributed by atoms with Gasteiger partial charge in [-0.25, -0.2) is 0 Å². The number of halogens is 1. The molecule has 0 spiro atoms. The number of nitrogens with two attached hydrogens (primary N) is 1. The molecule has 0 saturated carbocycles. The van der Waals surface area contributed by atoms with Crippen LogP contribution in [-0.4, -0.2) is 32.2 Å². The van der Waals surface area contributed by atoms with Gasteiger partial charge in [0.25, 0.3) is 0 Å². The van der Waals surface area contributed by atoms with Gasteiger partial charge < -0.3 is 15.8 Å². The highest BCUT2D eigenvalue weighted by Crippen LogP contribution is 2.01. The van der Waals surface area contributed by atoms with Gasteiger partial charge in [0, 0.05) is 20.1 Å². The van der Waals surface area contributed by atoms with Gasteiger partial charge in [0.2, 0.25) is 5.91 Å². The van der Waals surface area contributed by atoms with Gasteiger partial charge in [-0.05, 0) is 6.42 Å². The summed E-state index contributed by atoms with van der Waals surface area (Å²) in [5, 5.41) is 2.91. The molecule has 0 aliphatic heterocycles. The highest BCUT2D eigenvalue weighted by Gasteiger charge is 2.10. The number of ether oxygens (including phenoxy) is 1. The summed E-state index contributed by atoms with van der Waals surface area (Å²) in [5.41, 5.74) is 5.29. The predicted molar refractivity (Wildman–Crippen MR) is 64.3 cm³/mol. The molecular formula is C10H23ClN2O2. The smallest absolute Gasteiger partial charge is 0.221 e. The number of methoxy groups -OCH3 is 1. The van der Waals surface area contributed by atoms with Crippen LogP contribution in [0.25, 0.3) is 0 Å². The average Bonchev–Trinajstić information content (AvgIpc) is 2.15. The van der Waals surface area contributed by atoms with E-state index in [1.54, 1.807) is 7.11 Å². The lowest BCUT2D eigenvalue weighted by molar-refractivity contribution is -0.122. The SMILES string of the molecule is CCCCC(COC)NC(=O)CCN.Cl. The molecule has 4 nitrogen and oxygen atoms in total. The molecule has 0 bridgehead atoms. The molecule has 1 amide bonds. The lowest BCUT2D eigenvalue weighted by Gasteiger charge is -2.17. The molecule has 0 heterocycles. The third kappa shape index (κ3) is 9.97. The van der Waals surface area contributed by atoms with Crippen LogP contribution in [-0.2, 0) is 9.53 Å². The minimum absolute atomic E-state index is 0. The lowest BCUT2D eigenvalue weighted by atomic mass is 10.1. The van der Waals surface area contributed by atoms with Crippen LogP contribution < -0.4 is 11.1 Å². The molecule has 5 heteroatoms. The molecule has 0 fully saturated rings. The largest absolute Gasteiger partial charge is 0.383 e. The van der Waals surface area contributed by atoms with Crippen molar-refractivity contribution >= 4 is 18.3 Å². The van der Waals surface area contributed by atoms with E-state index >= 15 is 0 Å². The van der Waals surface area contributed by atoms with E-state index in [1.807, 2.05) is 0 Å². The molecule has 0 aliphatic carbocycles. The maximum atomic E-state index is 11.2. The summed E-state index contributed by atoms with van der Waals surface area (Å²) in [6, 6.07) is 0.138. The number of rotatable bonds is 8. The van der Waals surface area contributed by atoms with Gasteiger partial charge in [-0.15, -0.1) is 12.4 Å². The second-order valence-electron chi connectivity index (χ2n) is 3.40. The van der Waals surface area contributed by atoms with E-state index in [4.69, 9.17) is 10.5 Å². The van der Waals surface area contributed by atoms with E-state index in [1.165, 1.54) is 0 Å². The first-order valence-electron chi connectivity index (χ1n) is 5.23. The molecular weight excluding hydrogens is 216 g/mol. The van der Waals surface area contributed by atoms with Crippen molar-refractivity contribution in [2.24, 2.45) is 5.73 Å². The van der Waals surface area contributed by atoms with Gasteiger partial charge in [-0.3, -0.25) is 4.79 Å². The summed E-state index contributed by atoms with van der Waals surface area (Å²) >= 11 is 0. The van der Waals surface area contributed by atoms with Crippen LogP contribution in [0, 0.1) is 0 Å². The number of amides is 1. The van der Waals surface area contributed by atoms with Crippen molar-refractivity contribution < 1.29 is 9.53 Å². The molecule has 15 heavy (non-hydrogen) atoms. The lowest BCUT2D eigenvalue weighted by Crippen LogP contribution is -2.38. The van der Waals surface area contributed by atoms with Gasteiger partial charge in [-0.1, -0.05) is 19.8 Å². The van der Waals surface area contributed by atoms with Crippen LogP contribution in [0.15, 0.2) is 0 Å². The van der Waals surface area contributed by atoms with Crippen LogP contribution in [0.4, 0.5) is 0 Å². The Hall–Kier alpha value is -0.320. The molecule has 0 aromatic carbocycles. The zero-order valence-electron chi connectivity index (χ0n) is 9.62. The number of hydrogen-bond donors (Lipinski definition) is 2.